The second-order valence-corrected chi connectivity index (χ2v) is 20.7. The molecule has 14 rings (SSSR count). The van der Waals surface area contributed by atoms with Crippen LogP contribution in [0, 0.1) is 0 Å². The van der Waals surface area contributed by atoms with E-state index in [9.17, 15) is 0 Å². The van der Waals surface area contributed by atoms with Gasteiger partial charge >= 0.3 is 0 Å². The highest BCUT2D eigenvalue weighted by molar-refractivity contribution is 8.34. The van der Waals surface area contributed by atoms with Gasteiger partial charge in [-0.15, -0.1) is 10.0 Å². The molecule has 0 N–H and O–H groups in total. The lowest BCUT2D eigenvalue weighted by atomic mass is 10.1. The third-order valence-corrected chi connectivity index (χ3v) is 17.7. The molecule has 0 fully saturated rings. The lowest BCUT2D eigenvalue weighted by Crippen LogP contribution is -2.10. The Bertz CT molecular complexity index is 4030. The molecular weight excluding hydrogens is 873 g/mol. The average Bonchev–Trinajstić information content (AvgIpc) is 4.08. The first-order chi connectivity index (χ1) is 34.7. The molecule has 0 radical (unpaired) electrons. The van der Waals surface area contributed by atoms with Crippen molar-refractivity contribution in [3.63, 3.8) is 0 Å². The molecule has 0 aliphatic carbocycles. The molecule has 0 saturated carbocycles. The Morgan fingerprint density at radius 1 is 0.257 bits per heavy atom. The summed E-state index contributed by atoms with van der Waals surface area (Å²) in [6, 6.07) is 91.8. The van der Waals surface area contributed by atoms with Gasteiger partial charge in [0.15, 0.2) is 5.82 Å². The van der Waals surface area contributed by atoms with E-state index in [0.29, 0.717) is 17.7 Å². The van der Waals surface area contributed by atoms with Gasteiger partial charge in [-0.1, -0.05) is 158 Å². The highest BCUT2D eigenvalue weighted by Crippen LogP contribution is 2.74. The smallest absolute Gasteiger partial charge is 0.240 e. The number of benzene rings is 10. The maximum Gasteiger partial charge on any atom is 0.240 e. The van der Waals surface area contributed by atoms with Gasteiger partial charge in [0.05, 0.1) is 33.1 Å². The summed E-state index contributed by atoms with van der Waals surface area (Å²) >= 11 is 0. The van der Waals surface area contributed by atoms with Crippen LogP contribution in [0.4, 0.5) is 0 Å². The maximum atomic E-state index is 5.50. The van der Waals surface area contributed by atoms with Crippen molar-refractivity contribution in [3.05, 3.63) is 255 Å². The number of para-hydroxylation sites is 6. The largest absolute Gasteiger partial charge is 0.309 e. The normalized spacial score (nSPS) is 12.2. The minimum Gasteiger partial charge on any atom is -0.309 e. The van der Waals surface area contributed by atoms with E-state index in [1.54, 1.807) is 0 Å². The molecule has 0 bridgehead atoms. The number of hydrogen-bond acceptors (Lipinski definition) is 3. The Morgan fingerprint density at radius 3 is 1.11 bits per heavy atom. The topological polar surface area (TPSA) is 53.5 Å². The Balaban J connectivity index is 1.06. The Labute approximate surface area is 405 Å². The highest BCUT2D eigenvalue weighted by Gasteiger charge is 2.35. The van der Waals surface area contributed by atoms with Crippen LogP contribution in [-0.2, 0) is 0 Å². The van der Waals surface area contributed by atoms with E-state index in [1.807, 2.05) is 0 Å². The quantitative estimate of drug-likeness (QED) is 0.153. The van der Waals surface area contributed by atoms with Crippen LogP contribution in [-0.4, -0.2) is 28.7 Å². The van der Waals surface area contributed by atoms with E-state index < -0.39 is 10.0 Å². The fourth-order valence-corrected chi connectivity index (χ4v) is 14.8. The van der Waals surface area contributed by atoms with E-state index in [4.69, 9.17) is 15.0 Å². The van der Waals surface area contributed by atoms with Crippen LogP contribution in [0.3, 0.4) is 0 Å². The van der Waals surface area contributed by atoms with Crippen molar-refractivity contribution in [2.24, 2.45) is 0 Å². The van der Waals surface area contributed by atoms with Crippen LogP contribution in [0.15, 0.2) is 274 Å². The van der Waals surface area contributed by atoms with E-state index in [2.05, 4.69) is 268 Å². The predicted molar refractivity (Wildman–Crippen MR) is 288 cm³/mol. The molecule has 4 heterocycles. The molecule has 14 aromatic rings. The maximum absolute atomic E-state index is 5.50. The lowest BCUT2D eigenvalue weighted by Gasteiger charge is -2.42. The first kappa shape index (κ1) is 40.1. The van der Waals surface area contributed by atoms with E-state index in [1.165, 1.54) is 41.4 Å². The fraction of sp³-hybridized carbons (Fsp3) is 0. The number of hydrogen-bond donors (Lipinski definition) is 0. The van der Waals surface area contributed by atoms with Crippen LogP contribution in [0.25, 0.3) is 94.4 Å². The Hall–Kier alpha value is -9.04. The number of fused-ring (bicyclic) bond motifs is 9. The molecule has 0 aliphatic rings. The molecule has 0 aliphatic heterocycles. The predicted octanol–water partition coefficient (Wildman–Crippen LogP) is 16.2. The van der Waals surface area contributed by atoms with Gasteiger partial charge in [-0.05, 0) is 97.1 Å². The van der Waals surface area contributed by atoms with Crippen molar-refractivity contribution in [3.8, 4) is 29.0 Å². The molecule has 0 spiro atoms. The molecule has 330 valence electrons. The number of aromatic nitrogens is 6. The van der Waals surface area contributed by atoms with Crippen LogP contribution in [0.2, 0.25) is 0 Å². The van der Waals surface area contributed by atoms with Crippen molar-refractivity contribution in [1.29, 1.82) is 0 Å². The van der Waals surface area contributed by atoms with Crippen molar-refractivity contribution in [2.75, 3.05) is 0 Å². The van der Waals surface area contributed by atoms with Gasteiger partial charge in [0.25, 0.3) is 0 Å². The van der Waals surface area contributed by atoms with Gasteiger partial charge in [0.1, 0.15) is 0 Å². The second-order valence-electron chi connectivity index (χ2n) is 17.6. The van der Waals surface area contributed by atoms with Crippen LogP contribution in [0.5, 0.6) is 0 Å². The van der Waals surface area contributed by atoms with Crippen molar-refractivity contribution in [2.45, 2.75) is 19.6 Å². The number of nitrogens with zero attached hydrogens (tertiary/aromatic N) is 6. The summed E-state index contributed by atoms with van der Waals surface area (Å²) in [5.41, 5.74) is 8.50. The van der Waals surface area contributed by atoms with E-state index in [0.717, 1.165) is 54.9 Å². The third-order valence-electron chi connectivity index (χ3n) is 13.8. The standard InChI is InChI=1S/C63H42N6S/c1-4-22-44(23-5-1)67-55-34-15-14-33-53(55)54-42-48(39-40-60(54)67)70(45-24-6-2-7-25-45,46-26-8-3-9-27-46)47-28-20-21-43(41-47)61-64-62(68-56-35-16-10-29-49(56)50-30-11-17-36-57(50)68)66-63(65-61)69-58-37-18-12-31-51(58)52-32-13-19-38-59(52)69/h1-42H. The molecule has 10 aromatic carbocycles. The van der Waals surface area contributed by atoms with Crippen molar-refractivity contribution in [1.82, 2.24) is 28.7 Å². The molecule has 7 heteroatoms. The first-order valence-corrected chi connectivity index (χ1v) is 25.2. The zero-order valence-electron chi connectivity index (χ0n) is 37.8. The Morgan fingerprint density at radius 2 is 0.629 bits per heavy atom. The van der Waals surface area contributed by atoms with E-state index >= 15 is 0 Å². The third kappa shape index (κ3) is 6.05. The van der Waals surface area contributed by atoms with Gasteiger partial charge in [0.2, 0.25) is 11.9 Å². The zero-order valence-corrected chi connectivity index (χ0v) is 38.7. The van der Waals surface area contributed by atoms with Crippen LogP contribution in [0.1, 0.15) is 0 Å². The van der Waals surface area contributed by atoms with Crippen LogP contribution >= 0.6 is 10.0 Å². The zero-order chi connectivity index (χ0) is 46.2. The summed E-state index contributed by atoms with van der Waals surface area (Å²) in [4.78, 5) is 21.3. The SMILES string of the molecule is c1ccc(-n2c3ccccc3c3cc(S(c4ccccc4)(c4ccccc4)c4cccc(-c5nc(-n6c7ccccc7c7ccccc76)nc(-n6c7ccccc7c7ccccc76)n5)c4)ccc32)cc1. The number of rotatable bonds is 8. The summed E-state index contributed by atoms with van der Waals surface area (Å²) in [7, 11) is -2.17. The minimum absolute atomic E-state index is 0.551. The summed E-state index contributed by atoms with van der Waals surface area (Å²) in [6.07, 6.45) is 0. The van der Waals surface area contributed by atoms with Gasteiger partial charge < -0.3 is 4.57 Å². The lowest BCUT2D eigenvalue weighted by molar-refractivity contribution is 0.892. The fourth-order valence-electron chi connectivity index (χ4n) is 10.8. The summed E-state index contributed by atoms with van der Waals surface area (Å²) < 4.78 is 6.78. The first-order valence-electron chi connectivity index (χ1n) is 23.6. The van der Waals surface area contributed by atoms with Gasteiger partial charge in [-0.2, -0.15) is 15.0 Å². The molecule has 0 amide bonds. The summed E-state index contributed by atoms with van der Waals surface area (Å²) in [5.74, 6) is 1.69. The molecule has 70 heavy (non-hydrogen) atoms. The van der Waals surface area contributed by atoms with Crippen LogP contribution < -0.4 is 0 Å². The molecule has 0 atom stereocenters. The summed E-state index contributed by atoms with van der Waals surface area (Å²) in [6.45, 7) is 0. The van der Waals surface area contributed by atoms with E-state index in [-0.39, 0.29) is 0 Å². The monoisotopic (exact) mass is 914 g/mol. The highest BCUT2D eigenvalue weighted by atomic mass is 32.3. The van der Waals surface area contributed by atoms with Gasteiger partial charge in [-0.3, -0.25) is 9.13 Å². The summed E-state index contributed by atoms with van der Waals surface area (Å²) in [5, 5.41) is 6.99. The molecule has 0 unspecified atom stereocenters. The van der Waals surface area contributed by atoms with Gasteiger partial charge in [-0.25, -0.2) is 0 Å². The Kier molecular flexibility index (Phi) is 9.19. The molecule has 6 nitrogen and oxygen atoms in total. The minimum atomic E-state index is -2.17. The van der Waals surface area contributed by atoms with Crippen molar-refractivity contribution >= 4 is 75.4 Å². The molecule has 0 saturated heterocycles. The van der Waals surface area contributed by atoms with Crippen molar-refractivity contribution < 1.29 is 0 Å². The van der Waals surface area contributed by atoms with Gasteiger partial charge in [0, 0.05) is 63.2 Å². The molecular formula is C63H42N6S. The average molecular weight is 915 g/mol. The second kappa shape index (κ2) is 16.0. The molecule has 4 aromatic heterocycles.